The van der Waals surface area contributed by atoms with Crippen LogP contribution < -0.4 is 15.0 Å². The Hall–Kier alpha value is -2.04. The van der Waals surface area contributed by atoms with Crippen molar-refractivity contribution in [1.82, 2.24) is 0 Å². The maximum Gasteiger partial charge on any atom is 0.282 e. The van der Waals surface area contributed by atoms with Gasteiger partial charge in [-0.25, -0.2) is 0 Å². The van der Waals surface area contributed by atoms with E-state index in [0.29, 0.717) is 16.5 Å². The summed E-state index contributed by atoms with van der Waals surface area (Å²) in [6.07, 6.45) is 1.01. The Bertz CT molecular complexity index is 791. The molecule has 132 valence electrons. The minimum Gasteiger partial charge on any atom is -0.495 e. The molecule has 1 aliphatic rings. The molecule has 1 amide bonds. The molecule has 2 aromatic carbocycles. The van der Waals surface area contributed by atoms with Crippen LogP contribution in [0.2, 0.25) is 5.02 Å². The van der Waals surface area contributed by atoms with Gasteiger partial charge in [-0.2, -0.15) is 0 Å². The quantitative estimate of drug-likeness (QED) is 0.881. The molecule has 0 radical (unpaired) electrons. The number of hydrogen-bond acceptors (Lipinski definition) is 2. The topological polar surface area (TPSA) is 42.8 Å². The summed E-state index contributed by atoms with van der Waals surface area (Å²) in [5.74, 6) is 0.574. The molecule has 2 N–H and O–H groups in total. The zero-order valence-corrected chi connectivity index (χ0v) is 15.6. The van der Waals surface area contributed by atoms with Crippen molar-refractivity contribution < 1.29 is 14.4 Å². The van der Waals surface area contributed by atoms with E-state index in [1.54, 1.807) is 13.2 Å². The maximum atomic E-state index is 12.8. The average molecular weight is 360 g/mol. The summed E-state index contributed by atoms with van der Waals surface area (Å²) in [7, 11) is 1.58. The fourth-order valence-corrected chi connectivity index (χ4v) is 3.48. The van der Waals surface area contributed by atoms with Gasteiger partial charge < -0.3 is 15.0 Å². The summed E-state index contributed by atoms with van der Waals surface area (Å²) >= 11 is 6.14. The number of methoxy groups -OCH3 is 1. The van der Waals surface area contributed by atoms with E-state index in [0.717, 1.165) is 25.1 Å². The van der Waals surface area contributed by atoms with Crippen LogP contribution in [-0.2, 0) is 17.8 Å². The largest absolute Gasteiger partial charge is 0.495 e. The number of amides is 1. The van der Waals surface area contributed by atoms with Gasteiger partial charge in [0.2, 0.25) is 0 Å². The van der Waals surface area contributed by atoms with Crippen LogP contribution in [0.15, 0.2) is 36.4 Å². The fourth-order valence-electron chi connectivity index (χ4n) is 3.33. The van der Waals surface area contributed by atoms with Crippen LogP contribution in [0.5, 0.6) is 5.75 Å². The molecular weight excluding hydrogens is 336 g/mol. The summed E-state index contributed by atoms with van der Waals surface area (Å²) < 4.78 is 5.35. The van der Waals surface area contributed by atoms with Crippen LogP contribution in [0.25, 0.3) is 0 Å². The SMILES string of the molecule is COc1cc(Cl)c(C)cc1NC(=O)[C@H](C)[NH+]1CCc2ccccc2C1. The lowest BCUT2D eigenvalue weighted by Crippen LogP contribution is -3.16. The summed E-state index contributed by atoms with van der Waals surface area (Å²) in [4.78, 5) is 14.0. The van der Waals surface area contributed by atoms with Gasteiger partial charge in [-0.1, -0.05) is 35.9 Å². The molecule has 4 nitrogen and oxygen atoms in total. The molecule has 0 aliphatic carbocycles. The van der Waals surface area contributed by atoms with Crippen molar-refractivity contribution in [3.05, 3.63) is 58.1 Å². The first kappa shape index (κ1) is 17.8. The van der Waals surface area contributed by atoms with E-state index >= 15 is 0 Å². The Balaban J connectivity index is 1.73. The van der Waals surface area contributed by atoms with E-state index in [9.17, 15) is 4.79 Å². The lowest BCUT2D eigenvalue weighted by molar-refractivity contribution is -0.929. The van der Waals surface area contributed by atoms with Crippen molar-refractivity contribution in [2.24, 2.45) is 0 Å². The van der Waals surface area contributed by atoms with Crippen LogP contribution in [0.4, 0.5) is 5.69 Å². The second-order valence-corrected chi connectivity index (χ2v) is 7.02. The first-order chi connectivity index (χ1) is 12.0. The third-order valence-electron chi connectivity index (χ3n) is 5.00. The highest BCUT2D eigenvalue weighted by atomic mass is 35.5. The number of carbonyl (C=O) groups is 1. The molecule has 1 heterocycles. The predicted molar refractivity (Wildman–Crippen MR) is 101 cm³/mol. The number of nitrogens with one attached hydrogen (secondary N) is 2. The molecule has 0 saturated carbocycles. The molecule has 0 fully saturated rings. The molecule has 0 spiro atoms. The van der Waals surface area contributed by atoms with Gasteiger partial charge in [-0.05, 0) is 31.0 Å². The predicted octanol–water partition coefficient (Wildman–Crippen LogP) is 2.63. The van der Waals surface area contributed by atoms with E-state index in [1.165, 1.54) is 16.0 Å². The second kappa shape index (κ2) is 7.46. The summed E-state index contributed by atoms with van der Waals surface area (Å²) in [6, 6.07) is 11.9. The first-order valence-corrected chi connectivity index (χ1v) is 8.93. The minimum absolute atomic E-state index is 0.00518. The second-order valence-electron chi connectivity index (χ2n) is 6.62. The van der Waals surface area contributed by atoms with Crippen molar-refractivity contribution in [3.63, 3.8) is 0 Å². The Labute approximate surface area is 153 Å². The number of benzene rings is 2. The minimum atomic E-state index is -0.144. The van der Waals surface area contributed by atoms with E-state index in [1.807, 2.05) is 19.9 Å². The number of anilines is 1. The summed E-state index contributed by atoms with van der Waals surface area (Å²) in [6.45, 7) is 5.73. The zero-order chi connectivity index (χ0) is 18.0. The molecule has 25 heavy (non-hydrogen) atoms. The van der Waals surface area contributed by atoms with Crippen molar-refractivity contribution in [1.29, 1.82) is 0 Å². The van der Waals surface area contributed by atoms with Crippen molar-refractivity contribution in [2.75, 3.05) is 19.0 Å². The van der Waals surface area contributed by atoms with Gasteiger partial charge >= 0.3 is 0 Å². The van der Waals surface area contributed by atoms with Gasteiger partial charge in [0, 0.05) is 23.1 Å². The van der Waals surface area contributed by atoms with E-state index in [-0.39, 0.29) is 11.9 Å². The number of hydrogen-bond donors (Lipinski definition) is 2. The standard InChI is InChI=1S/C20H23ClN2O2/c1-13-10-18(19(25-3)11-17(13)21)22-20(24)14(2)23-9-8-15-6-4-5-7-16(15)12-23/h4-7,10-11,14H,8-9,12H2,1-3H3,(H,22,24)/p+1/t14-/m0/s1. The number of fused-ring (bicyclic) bond motifs is 1. The fraction of sp³-hybridized carbons (Fsp3) is 0.350. The average Bonchev–Trinajstić information content (AvgIpc) is 2.63. The maximum absolute atomic E-state index is 12.8. The van der Waals surface area contributed by atoms with Gasteiger partial charge in [0.25, 0.3) is 5.91 Å². The highest BCUT2D eigenvalue weighted by Gasteiger charge is 2.29. The van der Waals surface area contributed by atoms with Gasteiger partial charge in [0.1, 0.15) is 12.3 Å². The van der Waals surface area contributed by atoms with Gasteiger partial charge in [0.15, 0.2) is 6.04 Å². The van der Waals surface area contributed by atoms with Crippen molar-refractivity contribution >= 4 is 23.2 Å². The lowest BCUT2D eigenvalue weighted by Gasteiger charge is -2.30. The molecule has 2 atom stereocenters. The van der Waals surface area contributed by atoms with Crippen molar-refractivity contribution in [3.8, 4) is 5.75 Å². The highest BCUT2D eigenvalue weighted by Crippen LogP contribution is 2.30. The number of aryl methyl sites for hydroxylation is 1. The highest BCUT2D eigenvalue weighted by molar-refractivity contribution is 6.31. The van der Waals surface area contributed by atoms with Crippen LogP contribution in [0.1, 0.15) is 23.6 Å². The molecule has 0 bridgehead atoms. The Kier molecular flexibility index (Phi) is 5.30. The summed E-state index contributed by atoms with van der Waals surface area (Å²) in [5, 5.41) is 3.63. The van der Waals surface area contributed by atoms with Crippen molar-refractivity contribution in [2.45, 2.75) is 32.9 Å². The number of quaternary nitrogens is 1. The molecular formula is C20H24ClN2O2+. The number of ether oxygens (including phenoxy) is 1. The summed E-state index contributed by atoms with van der Waals surface area (Å²) in [5.41, 5.74) is 4.31. The number of carbonyl (C=O) groups excluding carboxylic acids is 1. The van der Waals surface area contributed by atoms with Gasteiger partial charge in [-0.15, -0.1) is 0 Å². The molecule has 1 aliphatic heterocycles. The molecule has 0 aromatic heterocycles. The zero-order valence-electron chi connectivity index (χ0n) is 14.9. The number of halogens is 1. The molecule has 2 aromatic rings. The Morgan fingerprint density at radius 3 is 2.72 bits per heavy atom. The van der Waals surface area contributed by atoms with E-state index in [2.05, 4.69) is 29.6 Å². The van der Waals surface area contributed by atoms with Crippen LogP contribution in [0.3, 0.4) is 0 Å². The molecule has 1 unspecified atom stereocenters. The number of rotatable bonds is 4. The van der Waals surface area contributed by atoms with Gasteiger partial charge in [-0.3, -0.25) is 4.79 Å². The lowest BCUT2D eigenvalue weighted by atomic mass is 9.98. The van der Waals surface area contributed by atoms with Crippen LogP contribution in [-0.4, -0.2) is 25.6 Å². The van der Waals surface area contributed by atoms with E-state index in [4.69, 9.17) is 16.3 Å². The third kappa shape index (κ3) is 3.80. The Morgan fingerprint density at radius 1 is 1.28 bits per heavy atom. The van der Waals surface area contributed by atoms with Crippen LogP contribution >= 0.6 is 11.6 Å². The Morgan fingerprint density at radius 2 is 2.00 bits per heavy atom. The van der Waals surface area contributed by atoms with E-state index < -0.39 is 0 Å². The monoisotopic (exact) mass is 359 g/mol. The smallest absolute Gasteiger partial charge is 0.282 e. The van der Waals surface area contributed by atoms with Gasteiger partial charge in [0.05, 0.1) is 19.3 Å². The first-order valence-electron chi connectivity index (χ1n) is 8.56. The van der Waals surface area contributed by atoms with Crippen LogP contribution in [0, 0.1) is 6.92 Å². The molecule has 5 heteroatoms. The third-order valence-corrected chi connectivity index (χ3v) is 5.40. The molecule has 3 rings (SSSR count). The normalized spacial score (nSPS) is 17.5. The molecule has 0 saturated heterocycles.